The summed E-state index contributed by atoms with van der Waals surface area (Å²) >= 11 is 0. The zero-order chi connectivity index (χ0) is 17.8. The minimum absolute atomic E-state index is 0.333. The van der Waals surface area contributed by atoms with Crippen molar-refractivity contribution in [1.29, 1.82) is 0 Å². The monoisotopic (exact) mass is 321 g/mol. The largest absolute Gasteiger partial charge is 0.370 e. The van der Waals surface area contributed by atoms with E-state index in [1.54, 1.807) is 6.20 Å². The predicted molar refractivity (Wildman–Crippen MR) is 99.1 cm³/mol. The number of nitrogens with two attached hydrogens (primary N) is 1. The van der Waals surface area contributed by atoms with Crippen LogP contribution in [0.25, 0.3) is 22.6 Å². The quantitative estimate of drug-likeness (QED) is 0.764. The molecule has 0 aliphatic rings. The van der Waals surface area contributed by atoms with Crippen LogP contribution in [0.15, 0.2) is 72.9 Å². The van der Waals surface area contributed by atoms with Crippen molar-refractivity contribution in [3.05, 3.63) is 72.9 Å². The first-order chi connectivity index (χ1) is 11.7. The van der Waals surface area contributed by atoms with E-state index in [1.807, 2.05) is 68.4 Å². The molecule has 3 aromatic rings. The van der Waals surface area contributed by atoms with E-state index in [4.69, 9.17) is 0 Å². The van der Waals surface area contributed by atoms with Crippen LogP contribution in [-0.4, -0.2) is 15.9 Å². The van der Waals surface area contributed by atoms with Crippen molar-refractivity contribution in [2.45, 2.75) is 20.8 Å². The molecule has 1 amide bonds. The van der Waals surface area contributed by atoms with Crippen LogP contribution in [0.5, 0.6) is 0 Å². The molecule has 0 radical (unpaired) electrons. The van der Waals surface area contributed by atoms with Gasteiger partial charge in [-0.15, -0.1) is 0 Å². The summed E-state index contributed by atoms with van der Waals surface area (Å²) in [5, 5.41) is 0. The Balaban J connectivity index is 0.000000423. The summed E-state index contributed by atoms with van der Waals surface area (Å²) in [6.45, 7) is 5.31. The van der Waals surface area contributed by atoms with E-state index in [1.165, 1.54) is 6.92 Å². The molecular formula is C20H23N3O. The van der Waals surface area contributed by atoms with Gasteiger partial charge in [0, 0.05) is 24.2 Å². The Morgan fingerprint density at radius 3 is 1.79 bits per heavy atom. The molecule has 124 valence electrons. The molecule has 24 heavy (non-hydrogen) atoms. The van der Waals surface area contributed by atoms with Crippen LogP contribution in [0, 0.1) is 0 Å². The molecule has 0 aliphatic heterocycles. The van der Waals surface area contributed by atoms with Gasteiger partial charge in [-0.25, -0.2) is 9.97 Å². The van der Waals surface area contributed by atoms with Crippen LogP contribution in [0.1, 0.15) is 20.8 Å². The molecule has 2 aromatic carbocycles. The lowest BCUT2D eigenvalue weighted by Gasteiger charge is -2.03. The third kappa shape index (κ3) is 6.40. The fourth-order valence-corrected chi connectivity index (χ4v) is 1.85. The molecule has 4 nitrogen and oxygen atoms in total. The first kappa shape index (κ1) is 19.0. The molecule has 1 aromatic heterocycles. The smallest absolute Gasteiger partial charge is 0.214 e. The van der Waals surface area contributed by atoms with Gasteiger partial charge < -0.3 is 5.73 Å². The van der Waals surface area contributed by atoms with Crippen molar-refractivity contribution in [2.24, 2.45) is 5.73 Å². The molecule has 0 fully saturated rings. The van der Waals surface area contributed by atoms with Crippen molar-refractivity contribution >= 4 is 5.91 Å². The zero-order valence-corrected chi connectivity index (χ0v) is 14.3. The van der Waals surface area contributed by atoms with Crippen LogP contribution in [0.3, 0.4) is 0 Å². The molecule has 2 N–H and O–H groups in total. The van der Waals surface area contributed by atoms with E-state index < -0.39 is 0 Å². The fourth-order valence-electron chi connectivity index (χ4n) is 1.85. The zero-order valence-electron chi connectivity index (χ0n) is 14.3. The number of rotatable bonds is 2. The number of nitrogens with zero attached hydrogens (tertiary/aromatic N) is 2. The SMILES string of the molecule is CC.CC(N)=O.c1ccc(-c2ccnc(-c3ccccc3)n2)cc1. The van der Waals surface area contributed by atoms with Gasteiger partial charge in [-0.1, -0.05) is 74.5 Å². The summed E-state index contributed by atoms with van der Waals surface area (Å²) in [5.74, 6) is 0.428. The van der Waals surface area contributed by atoms with Gasteiger partial charge in [0.2, 0.25) is 5.91 Å². The van der Waals surface area contributed by atoms with Gasteiger partial charge in [0.05, 0.1) is 5.69 Å². The van der Waals surface area contributed by atoms with E-state index in [2.05, 4.69) is 27.8 Å². The first-order valence-corrected chi connectivity index (χ1v) is 7.87. The van der Waals surface area contributed by atoms with Crippen LogP contribution in [-0.2, 0) is 4.79 Å². The Bertz CT molecular complexity index is 669. The van der Waals surface area contributed by atoms with Crippen molar-refractivity contribution in [1.82, 2.24) is 9.97 Å². The van der Waals surface area contributed by atoms with E-state index in [9.17, 15) is 4.79 Å². The standard InChI is InChI=1S/C16H12N2.C2H5NO.C2H6/c1-3-7-13(8-4-1)15-11-12-17-16(18-15)14-9-5-2-6-10-14;1-2(3)4;1-2/h1-12H;1H3,(H2,3,4);1-2H3. The van der Waals surface area contributed by atoms with Crippen LogP contribution < -0.4 is 5.73 Å². The summed E-state index contributed by atoms with van der Waals surface area (Å²) in [5.41, 5.74) is 7.57. The molecule has 0 spiro atoms. The molecule has 1 heterocycles. The van der Waals surface area contributed by atoms with E-state index in [0.29, 0.717) is 0 Å². The van der Waals surface area contributed by atoms with E-state index in [-0.39, 0.29) is 5.91 Å². The van der Waals surface area contributed by atoms with Gasteiger partial charge in [-0.3, -0.25) is 4.79 Å². The number of hydrogen-bond donors (Lipinski definition) is 1. The maximum atomic E-state index is 9.22. The molecule has 3 rings (SSSR count). The average molecular weight is 321 g/mol. The topological polar surface area (TPSA) is 68.9 Å². The Morgan fingerprint density at radius 2 is 1.29 bits per heavy atom. The third-order valence-electron chi connectivity index (χ3n) is 2.76. The second-order valence-corrected chi connectivity index (χ2v) is 4.61. The normalized spacial score (nSPS) is 8.96. The van der Waals surface area contributed by atoms with Gasteiger partial charge in [0.1, 0.15) is 0 Å². The fraction of sp³-hybridized carbons (Fsp3) is 0.150. The molecule has 4 heteroatoms. The molecular weight excluding hydrogens is 298 g/mol. The second kappa shape index (κ2) is 10.7. The van der Waals surface area contributed by atoms with Crippen molar-refractivity contribution in [3.63, 3.8) is 0 Å². The molecule has 0 atom stereocenters. The second-order valence-electron chi connectivity index (χ2n) is 4.61. The summed E-state index contributed by atoms with van der Waals surface area (Å²) in [6, 6.07) is 22.1. The highest BCUT2D eigenvalue weighted by atomic mass is 16.1. The summed E-state index contributed by atoms with van der Waals surface area (Å²) < 4.78 is 0. The predicted octanol–water partition coefficient (Wildman–Crippen LogP) is 4.33. The lowest BCUT2D eigenvalue weighted by molar-refractivity contribution is -0.115. The highest BCUT2D eigenvalue weighted by Gasteiger charge is 2.03. The highest BCUT2D eigenvalue weighted by Crippen LogP contribution is 2.20. The van der Waals surface area contributed by atoms with Crippen LogP contribution in [0.2, 0.25) is 0 Å². The Kier molecular flexibility index (Phi) is 8.47. The Labute approximate surface area is 143 Å². The van der Waals surface area contributed by atoms with Crippen molar-refractivity contribution < 1.29 is 4.79 Å². The summed E-state index contributed by atoms with van der Waals surface area (Å²) in [6.07, 6.45) is 1.80. The van der Waals surface area contributed by atoms with Crippen LogP contribution >= 0.6 is 0 Å². The van der Waals surface area contributed by atoms with E-state index >= 15 is 0 Å². The van der Waals surface area contributed by atoms with Gasteiger partial charge in [-0.05, 0) is 6.07 Å². The van der Waals surface area contributed by atoms with Gasteiger partial charge in [0.15, 0.2) is 5.82 Å². The lowest BCUT2D eigenvalue weighted by Crippen LogP contribution is -2.01. The lowest BCUT2D eigenvalue weighted by atomic mass is 10.1. The maximum absolute atomic E-state index is 9.22. The molecule has 0 saturated carbocycles. The Hall–Kier alpha value is -3.01. The third-order valence-corrected chi connectivity index (χ3v) is 2.76. The summed E-state index contributed by atoms with van der Waals surface area (Å²) in [7, 11) is 0. The number of aromatic nitrogens is 2. The van der Waals surface area contributed by atoms with Gasteiger partial charge in [-0.2, -0.15) is 0 Å². The number of primary amides is 1. The van der Waals surface area contributed by atoms with Crippen LogP contribution in [0.4, 0.5) is 0 Å². The minimum Gasteiger partial charge on any atom is -0.370 e. The highest BCUT2D eigenvalue weighted by molar-refractivity contribution is 5.70. The Morgan fingerprint density at radius 1 is 0.833 bits per heavy atom. The number of benzene rings is 2. The van der Waals surface area contributed by atoms with E-state index in [0.717, 1.165) is 22.6 Å². The summed E-state index contributed by atoms with van der Waals surface area (Å²) in [4.78, 5) is 18.1. The molecule has 0 bridgehead atoms. The minimum atomic E-state index is -0.333. The van der Waals surface area contributed by atoms with Crippen molar-refractivity contribution in [2.75, 3.05) is 0 Å². The number of amides is 1. The average Bonchev–Trinajstić information content (AvgIpc) is 2.65. The number of hydrogen-bond acceptors (Lipinski definition) is 3. The molecule has 0 unspecified atom stereocenters. The van der Waals surface area contributed by atoms with Crippen molar-refractivity contribution in [3.8, 4) is 22.6 Å². The molecule has 0 aliphatic carbocycles. The number of carbonyl (C=O) groups excluding carboxylic acids is 1. The van der Waals surface area contributed by atoms with Gasteiger partial charge in [0.25, 0.3) is 0 Å². The maximum Gasteiger partial charge on any atom is 0.214 e. The molecule has 0 saturated heterocycles. The van der Waals surface area contributed by atoms with Gasteiger partial charge >= 0.3 is 0 Å². The number of carbonyl (C=O) groups is 1. The first-order valence-electron chi connectivity index (χ1n) is 7.87.